The van der Waals surface area contributed by atoms with E-state index in [0.717, 1.165) is 38.1 Å². The first-order valence-electron chi connectivity index (χ1n) is 9.48. The van der Waals surface area contributed by atoms with Crippen LogP contribution in [-0.4, -0.2) is 50.3 Å². The third-order valence-corrected chi connectivity index (χ3v) is 6.85. The van der Waals surface area contributed by atoms with Crippen molar-refractivity contribution in [2.24, 2.45) is 11.8 Å². The lowest BCUT2D eigenvalue weighted by molar-refractivity contribution is 0.146. The molecule has 3 unspecified atom stereocenters. The molecule has 0 bridgehead atoms. The Balaban J connectivity index is 1.67. The number of likely N-dealkylation sites (tertiary alicyclic amines) is 1. The van der Waals surface area contributed by atoms with Crippen molar-refractivity contribution >= 4 is 10.2 Å². The summed E-state index contributed by atoms with van der Waals surface area (Å²) in [7, 11) is -3.46. The third-order valence-electron chi connectivity index (χ3n) is 5.34. The Labute approximate surface area is 151 Å². The summed E-state index contributed by atoms with van der Waals surface area (Å²) < 4.78 is 35.7. The highest BCUT2D eigenvalue weighted by Crippen LogP contribution is 2.26. The van der Waals surface area contributed by atoms with Crippen LogP contribution < -0.4 is 4.72 Å². The molecule has 0 aliphatic carbocycles. The van der Waals surface area contributed by atoms with Gasteiger partial charge in [-0.2, -0.15) is 12.7 Å². The molecule has 6 nitrogen and oxygen atoms in total. The summed E-state index contributed by atoms with van der Waals surface area (Å²) in [5.74, 6) is 1.65. The second-order valence-electron chi connectivity index (χ2n) is 7.74. The Kier molecular flexibility index (Phi) is 6.20. The second kappa shape index (κ2) is 8.20. The molecule has 3 rings (SSSR count). The maximum absolute atomic E-state index is 12.8. The van der Waals surface area contributed by atoms with Crippen molar-refractivity contribution in [2.45, 2.75) is 45.6 Å². The van der Waals surface area contributed by atoms with Gasteiger partial charge in [-0.3, -0.25) is 4.90 Å². The minimum Gasteiger partial charge on any atom is -0.468 e. The Bertz CT molecular complexity index is 616. The molecule has 0 spiro atoms. The molecular weight excluding hydrogens is 338 g/mol. The van der Waals surface area contributed by atoms with Gasteiger partial charge in [0.15, 0.2) is 0 Å². The number of hydrogen-bond acceptors (Lipinski definition) is 4. The highest BCUT2D eigenvalue weighted by molar-refractivity contribution is 7.87. The van der Waals surface area contributed by atoms with Gasteiger partial charge >= 0.3 is 0 Å². The molecule has 2 saturated heterocycles. The van der Waals surface area contributed by atoms with Crippen LogP contribution in [0.25, 0.3) is 0 Å². The zero-order valence-corrected chi connectivity index (χ0v) is 16.2. The van der Waals surface area contributed by atoms with E-state index >= 15 is 0 Å². The molecule has 2 aliphatic rings. The van der Waals surface area contributed by atoms with E-state index in [4.69, 9.17) is 4.42 Å². The van der Waals surface area contributed by atoms with Crippen LogP contribution >= 0.6 is 0 Å². The third kappa shape index (κ3) is 4.84. The summed E-state index contributed by atoms with van der Waals surface area (Å²) in [5, 5.41) is 0. The van der Waals surface area contributed by atoms with Crippen LogP contribution in [0.5, 0.6) is 0 Å². The van der Waals surface area contributed by atoms with E-state index in [1.54, 1.807) is 10.6 Å². The van der Waals surface area contributed by atoms with E-state index in [-0.39, 0.29) is 6.04 Å². The maximum atomic E-state index is 12.8. The number of nitrogens with zero attached hydrogens (tertiary/aromatic N) is 2. The molecular formula is C18H31N3O3S. The Morgan fingerprint density at radius 1 is 1.20 bits per heavy atom. The summed E-state index contributed by atoms with van der Waals surface area (Å²) in [4.78, 5) is 2.34. The van der Waals surface area contributed by atoms with E-state index in [9.17, 15) is 8.42 Å². The number of rotatable bonds is 6. The van der Waals surface area contributed by atoms with Gasteiger partial charge in [-0.05, 0) is 56.3 Å². The number of furan rings is 1. The van der Waals surface area contributed by atoms with Crippen molar-refractivity contribution in [2.75, 3.05) is 32.7 Å². The quantitative estimate of drug-likeness (QED) is 0.837. The highest BCUT2D eigenvalue weighted by atomic mass is 32.2. The molecule has 7 heteroatoms. The Hall–Kier alpha value is -0.890. The van der Waals surface area contributed by atoms with Gasteiger partial charge < -0.3 is 4.42 Å². The van der Waals surface area contributed by atoms with Crippen molar-refractivity contribution < 1.29 is 12.8 Å². The molecule has 3 atom stereocenters. The van der Waals surface area contributed by atoms with E-state index in [1.807, 2.05) is 12.1 Å². The lowest BCUT2D eigenvalue weighted by atomic mass is 9.94. The topological polar surface area (TPSA) is 65.8 Å². The molecule has 1 N–H and O–H groups in total. The molecule has 3 heterocycles. The highest BCUT2D eigenvalue weighted by Gasteiger charge is 2.32. The van der Waals surface area contributed by atoms with Crippen LogP contribution in [0.1, 0.15) is 51.3 Å². The van der Waals surface area contributed by atoms with Crippen LogP contribution in [0.15, 0.2) is 22.8 Å². The molecule has 2 aliphatic heterocycles. The fourth-order valence-electron chi connectivity index (χ4n) is 4.20. The minimum absolute atomic E-state index is 0.0373. The van der Waals surface area contributed by atoms with E-state index in [2.05, 4.69) is 23.5 Å². The van der Waals surface area contributed by atoms with Crippen molar-refractivity contribution in [3.8, 4) is 0 Å². The normalized spacial score (nSPS) is 28.1. The standard InChI is InChI=1S/C18H31N3O3S/c1-15-11-16(2)14-21(13-15)25(22,23)19-12-17(18-7-6-10-24-18)20-8-4-3-5-9-20/h6-7,10,15-17,19H,3-5,8-9,11-14H2,1-2H3. The molecule has 142 valence electrons. The molecule has 1 aromatic rings. The van der Waals surface area contributed by atoms with Crippen molar-refractivity contribution in [3.63, 3.8) is 0 Å². The van der Waals surface area contributed by atoms with Gasteiger partial charge in [0.2, 0.25) is 0 Å². The molecule has 0 radical (unpaired) electrons. The van der Waals surface area contributed by atoms with Crippen LogP contribution in [0, 0.1) is 11.8 Å². The maximum Gasteiger partial charge on any atom is 0.279 e. The molecule has 0 saturated carbocycles. The summed E-state index contributed by atoms with van der Waals surface area (Å²) in [5.41, 5.74) is 0. The Morgan fingerprint density at radius 3 is 2.48 bits per heavy atom. The average Bonchev–Trinajstić information content (AvgIpc) is 3.09. The summed E-state index contributed by atoms with van der Waals surface area (Å²) >= 11 is 0. The number of hydrogen-bond donors (Lipinski definition) is 1. The largest absolute Gasteiger partial charge is 0.468 e. The van der Waals surface area contributed by atoms with Crippen LogP contribution in [0.4, 0.5) is 0 Å². The second-order valence-corrected chi connectivity index (χ2v) is 9.50. The fraction of sp³-hybridized carbons (Fsp3) is 0.778. The average molecular weight is 370 g/mol. The SMILES string of the molecule is CC1CC(C)CN(S(=O)(=O)NCC(c2ccco2)N2CCCCC2)C1. The number of piperidine rings is 2. The van der Waals surface area contributed by atoms with E-state index in [0.29, 0.717) is 31.5 Å². The van der Waals surface area contributed by atoms with Gasteiger partial charge in [0.05, 0.1) is 12.3 Å². The monoisotopic (exact) mass is 369 g/mol. The Morgan fingerprint density at radius 2 is 1.88 bits per heavy atom. The van der Waals surface area contributed by atoms with Crippen molar-refractivity contribution in [1.82, 2.24) is 13.9 Å². The first-order valence-corrected chi connectivity index (χ1v) is 10.9. The van der Waals surface area contributed by atoms with E-state index < -0.39 is 10.2 Å². The van der Waals surface area contributed by atoms with Gasteiger partial charge in [0, 0.05) is 19.6 Å². The molecule has 25 heavy (non-hydrogen) atoms. The van der Waals surface area contributed by atoms with Crippen molar-refractivity contribution in [1.29, 1.82) is 0 Å². The smallest absolute Gasteiger partial charge is 0.279 e. The minimum atomic E-state index is -3.46. The lowest BCUT2D eigenvalue weighted by Gasteiger charge is -2.36. The lowest BCUT2D eigenvalue weighted by Crippen LogP contribution is -2.50. The van der Waals surface area contributed by atoms with Crippen LogP contribution in [0.2, 0.25) is 0 Å². The zero-order chi connectivity index (χ0) is 17.9. The van der Waals surface area contributed by atoms with Gasteiger partial charge in [0.25, 0.3) is 10.2 Å². The molecule has 0 amide bonds. The van der Waals surface area contributed by atoms with E-state index in [1.165, 1.54) is 6.42 Å². The summed E-state index contributed by atoms with van der Waals surface area (Å²) in [6.45, 7) is 7.80. The van der Waals surface area contributed by atoms with Gasteiger partial charge in [0.1, 0.15) is 5.76 Å². The van der Waals surface area contributed by atoms with Gasteiger partial charge in [-0.1, -0.05) is 20.3 Å². The molecule has 0 aromatic carbocycles. The first kappa shape index (κ1) is 18.9. The predicted octanol–water partition coefficient (Wildman–Crippen LogP) is 2.62. The van der Waals surface area contributed by atoms with Gasteiger partial charge in [-0.15, -0.1) is 0 Å². The van der Waals surface area contributed by atoms with Crippen molar-refractivity contribution in [3.05, 3.63) is 24.2 Å². The van der Waals surface area contributed by atoms with Crippen LogP contribution in [0.3, 0.4) is 0 Å². The zero-order valence-electron chi connectivity index (χ0n) is 15.4. The molecule has 1 aromatic heterocycles. The number of nitrogens with one attached hydrogen (secondary N) is 1. The van der Waals surface area contributed by atoms with Gasteiger partial charge in [-0.25, -0.2) is 4.72 Å². The molecule has 2 fully saturated rings. The summed E-state index contributed by atoms with van der Waals surface area (Å²) in [6.07, 6.45) is 6.32. The predicted molar refractivity (Wildman–Crippen MR) is 98.3 cm³/mol. The fourth-order valence-corrected chi connectivity index (χ4v) is 5.65. The first-order chi connectivity index (χ1) is 12.0. The van der Waals surface area contributed by atoms with Crippen LogP contribution in [-0.2, 0) is 10.2 Å². The summed E-state index contributed by atoms with van der Waals surface area (Å²) in [6, 6.07) is 3.78.